The first-order valence-corrected chi connectivity index (χ1v) is 6.44. The predicted octanol–water partition coefficient (Wildman–Crippen LogP) is 0.447. The molecule has 1 saturated carbocycles. The third-order valence-corrected chi connectivity index (χ3v) is 3.68. The number of nitrogens with two attached hydrogens (primary N) is 1. The first kappa shape index (κ1) is 13.0. The van der Waals surface area contributed by atoms with Gasteiger partial charge in [0.25, 0.3) is 0 Å². The Morgan fingerprint density at radius 2 is 2.33 bits per heavy atom. The quantitative estimate of drug-likeness (QED) is 0.813. The van der Waals surface area contributed by atoms with Crippen LogP contribution < -0.4 is 5.73 Å². The molecular formula is C12H21N5O. The van der Waals surface area contributed by atoms with E-state index >= 15 is 0 Å². The lowest BCUT2D eigenvalue weighted by molar-refractivity contribution is -0.135. The van der Waals surface area contributed by atoms with E-state index in [0.717, 1.165) is 25.1 Å². The molecule has 1 fully saturated rings. The Bertz CT molecular complexity index is 416. The minimum Gasteiger partial charge on any atom is -0.338 e. The van der Waals surface area contributed by atoms with Crippen molar-refractivity contribution in [3.8, 4) is 0 Å². The van der Waals surface area contributed by atoms with Gasteiger partial charge in [0.2, 0.25) is 5.91 Å². The fourth-order valence-corrected chi connectivity index (χ4v) is 2.68. The van der Waals surface area contributed by atoms with Crippen LogP contribution in [0.1, 0.15) is 30.9 Å². The number of rotatable bonds is 4. The average molecular weight is 251 g/mol. The minimum atomic E-state index is 0.0834. The van der Waals surface area contributed by atoms with Crippen molar-refractivity contribution < 1.29 is 4.79 Å². The molecule has 3 N–H and O–H groups in total. The van der Waals surface area contributed by atoms with Gasteiger partial charge in [-0.15, -0.1) is 0 Å². The second-order valence-electron chi connectivity index (χ2n) is 5.06. The molecule has 100 valence electrons. The first-order valence-electron chi connectivity index (χ1n) is 6.44. The molecule has 0 radical (unpaired) electrons. The second-order valence-corrected chi connectivity index (χ2v) is 5.06. The standard InChI is InChI=1S/C12H21N5O/c1-8-14-11(16-15-8)7-17(2)12(18)10-5-3-4-9(10)6-13/h9-10H,3-7,13H2,1-2H3,(H,14,15,16). The highest BCUT2D eigenvalue weighted by molar-refractivity contribution is 5.79. The Labute approximate surface area is 107 Å². The van der Waals surface area contributed by atoms with Crippen LogP contribution in [0.5, 0.6) is 0 Å². The van der Waals surface area contributed by atoms with E-state index in [9.17, 15) is 4.79 Å². The number of nitrogens with one attached hydrogen (secondary N) is 1. The van der Waals surface area contributed by atoms with Gasteiger partial charge in [-0.25, -0.2) is 4.98 Å². The average Bonchev–Trinajstić information content (AvgIpc) is 2.96. The topological polar surface area (TPSA) is 87.9 Å². The second kappa shape index (κ2) is 5.48. The molecule has 1 aromatic rings. The lowest BCUT2D eigenvalue weighted by Crippen LogP contribution is -2.36. The van der Waals surface area contributed by atoms with Crippen LogP contribution in [0.15, 0.2) is 0 Å². The smallest absolute Gasteiger partial charge is 0.226 e. The van der Waals surface area contributed by atoms with Gasteiger partial charge in [-0.3, -0.25) is 9.89 Å². The zero-order valence-corrected chi connectivity index (χ0v) is 11.0. The van der Waals surface area contributed by atoms with Crippen LogP contribution in [0.2, 0.25) is 0 Å². The third kappa shape index (κ3) is 2.69. The summed E-state index contributed by atoms with van der Waals surface area (Å²) >= 11 is 0. The number of hydrogen-bond acceptors (Lipinski definition) is 4. The van der Waals surface area contributed by atoms with Crippen molar-refractivity contribution in [1.82, 2.24) is 20.1 Å². The van der Waals surface area contributed by atoms with Gasteiger partial charge in [-0.05, 0) is 32.2 Å². The van der Waals surface area contributed by atoms with Gasteiger partial charge in [0.1, 0.15) is 5.82 Å². The zero-order valence-electron chi connectivity index (χ0n) is 11.0. The third-order valence-electron chi connectivity index (χ3n) is 3.68. The van der Waals surface area contributed by atoms with E-state index in [0.29, 0.717) is 24.8 Å². The van der Waals surface area contributed by atoms with Crippen molar-refractivity contribution >= 4 is 5.91 Å². The molecular weight excluding hydrogens is 230 g/mol. The minimum absolute atomic E-state index is 0.0834. The SMILES string of the molecule is Cc1nc(CN(C)C(=O)C2CCCC2CN)n[nH]1. The maximum Gasteiger partial charge on any atom is 0.226 e. The van der Waals surface area contributed by atoms with Gasteiger partial charge in [-0.2, -0.15) is 5.10 Å². The number of amides is 1. The van der Waals surface area contributed by atoms with Gasteiger partial charge in [-0.1, -0.05) is 6.42 Å². The molecule has 1 amide bonds. The first-order chi connectivity index (χ1) is 8.61. The Morgan fingerprint density at radius 1 is 1.56 bits per heavy atom. The number of aromatic amines is 1. The number of carbonyl (C=O) groups excluding carboxylic acids is 1. The van der Waals surface area contributed by atoms with Gasteiger partial charge in [0, 0.05) is 13.0 Å². The van der Waals surface area contributed by atoms with Gasteiger partial charge >= 0.3 is 0 Å². The maximum atomic E-state index is 12.3. The van der Waals surface area contributed by atoms with E-state index in [2.05, 4.69) is 15.2 Å². The van der Waals surface area contributed by atoms with E-state index in [1.54, 1.807) is 11.9 Å². The molecule has 2 rings (SSSR count). The van der Waals surface area contributed by atoms with Crippen molar-refractivity contribution in [3.63, 3.8) is 0 Å². The Kier molecular flexibility index (Phi) is 3.96. The largest absolute Gasteiger partial charge is 0.338 e. The van der Waals surface area contributed by atoms with Crippen LogP contribution in [0.3, 0.4) is 0 Å². The maximum absolute atomic E-state index is 12.3. The highest BCUT2D eigenvalue weighted by atomic mass is 16.2. The summed E-state index contributed by atoms with van der Waals surface area (Å²) in [6.07, 6.45) is 3.13. The van der Waals surface area contributed by atoms with E-state index in [1.807, 2.05) is 6.92 Å². The molecule has 0 aliphatic heterocycles. The van der Waals surface area contributed by atoms with Gasteiger partial charge in [0.15, 0.2) is 5.82 Å². The summed E-state index contributed by atoms with van der Waals surface area (Å²) in [5, 5.41) is 6.83. The van der Waals surface area contributed by atoms with E-state index in [1.165, 1.54) is 0 Å². The fourth-order valence-electron chi connectivity index (χ4n) is 2.68. The van der Waals surface area contributed by atoms with Crippen molar-refractivity contribution in [2.75, 3.05) is 13.6 Å². The monoisotopic (exact) mass is 251 g/mol. The Balaban J connectivity index is 1.96. The molecule has 1 aliphatic carbocycles. The van der Waals surface area contributed by atoms with Crippen LogP contribution in [0.25, 0.3) is 0 Å². The summed E-state index contributed by atoms with van der Waals surface area (Å²) < 4.78 is 0. The van der Waals surface area contributed by atoms with Crippen LogP contribution >= 0.6 is 0 Å². The molecule has 1 aromatic heterocycles. The van der Waals surface area contributed by atoms with E-state index < -0.39 is 0 Å². The Morgan fingerprint density at radius 3 is 2.94 bits per heavy atom. The van der Waals surface area contributed by atoms with Crippen LogP contribution in [-0.2, 0) is 11.3 Å². The molecule has 0 aromatic carbocycles. The molecule has 1 aliphatic rings. The highest BCUT2D eigenvalue weighted by Crippen LogP contribution is 2.32. The summed E-state index contributed by atoms with van der Waals surface area (Å²) in [5.41, 5.74) is 5.72. The van der Waals surface area contributed by atoms with Crippen molar-refractivity contribution in [2.45, 2.75) is 32.7 Å². The van der Waals surface area contributed by atoms with E-state index in [4.69, 9.17) is 5.73 Å². The highest BCUT2D eigenvalue weighted by Gasteiger charge is 2.33. The van der Waals surface area contributed by atoms with Crippen LogP contribution in [0.4, 0.5) is 0 Å². The lowest BCUT2D eigenvalue weighted by Gasteiger charge is -2.23. The number of hydrogen-bond donors (Lipinski definition) is 2. The van der Waals surface area contributed by atoms with Gasteiger partial charge in [0.05, 0.1) is 6.54 Å². The number of carbonyl (C=O) groups is 1. The van der Waals surface area contributed by atoms with Crippen molar-refractivity contribution in [3.05, 3.63) is 11.6 Å². The van der Waals surface area contributed by atoms with Crippen molar-refractivity contribution in [1.29, 1.82) is 0 Å². The lowest BCUT2D eigenvalue weighted by atomic mass is 9.95. The molecule has 0 bridgehead atoms. The molecule has 0 saturated heterocycles. The molecule has 6 nitrogen and oxygen atoms in total. The normalized spacial score (nSPS) is 23.3. The fraction of sp³-hybridized carbons (Fsp3) is 0.750. The van der Waals surface area contributed by atoms with E-state index in [-0.39, 0.29) is 11.8 Å². The Hall–Kier alpha value is -1.43. The van der Waals surface area contributed by atoms with Crippen LogP contribution in [-0.4, -0.2) is 39.6 Å². The number of H-pyrrole nitrogens is 1. The molecule has 2 atom stereocenters. The zero-order chi connectivity index (χ0) is 13.1. The van der Waals surface area contributed by atoms with Crippen molar-refractivity contribution in [2.24, 2.45) is 17.6 Å². The molecule has 0 spiro atoms. The number of aromatic nitrogens is 3. The molecule has 6 heteroatoms. The van der Waals surface area contributed by atoms with Crippen LogP contribution in [0, 0.1) is 18.8 Å². The number of nitrogens with zero attached hydrogens (tertiary/aromatic N) is 3. The summed E-state index contributed by atoms with van der Waals surface area (Å²) in [6.45, 7) is 2.90. The number of aryl methyl sites for hydroxylation is 1. The summed E-state index contributed by atoms with van der Waals surface area (Å²) in [5.74, 6) is 2.02. The summed E-state index contributed by atoms with van der Waals surface area (Å²) in [6, 6.07) is 0. The summed E-state index contributed by atoms with van der Waals surface area (Å²) in [4.78, 5) is 18.3. The predicted molar refractivity (Wildman–Crippen MR) is 67.5 cm³/mol. The molecule has 1 heterocycles. The molecule has 18 heavy (non-hydrogen) atoms. The van der Waals surface area contributed by atoms with Gasteiger partial charge < -0.3 is 10.6 Å². The summed E-state index contributed by atoms with van der Waals surface area (Å²) in [7, 11) is 1.81. The molecule has 2 unspecified atom stereocenters.